The number of ether oxygens (including phenoxy) is 2. The van der Waals surface area contributed by atoms with Crippen LogP contribution in [0.4, 0.5) is 5.00 Å². The SMILES string of the molecule is COC(=O)c1c(NC(=O)[C@H]2CCCO2)sc(C)c1C. The van der Waals surface area contributed by atoms with Gasteiger partial charge in [0.1, 0.15) is 11.1 Å². The lowest BCUT2D eigenvalue weighted by atomic mass is 10.1. The van der Waals surface area contributed by atoms with Crippen molar-refractivity contribution >= 4 is 28.2 Å². The Labute approximate surface area is 115 Å². The highest BCUT2D eigenvalue weighted by Crippen LogP contribution is 2.33. The number of thiophene rings is 1. The average molecular weight is 283 g/mol. The molecule has 1 aromatic rings. The van der Waals surface area contributed by atoms with Crippen molar-refractivity contribution in [2.75, 3.05) is 19.0 Å². The van der Waals surface area contributed by atoms with E-state index in [0.29, 0.717) is 17.2 Å². The minimum atomic E-state index is -0.426. The number of hydrogen-bond acceptors (Lipinski definition) is 5. The van der Waals surface area contributed by atoms with Gasteiger partial charge in [-0.25, -0.2) is 4.79 Å². The van der Waals surface area contributed by atoms with E-state index in [2.05, 4.69) is 5.32 Å². The lowest BCUT2D eigenvalue weighted by molar-refractivity contribution is -0.124. The van der Waals surface area contributed by atoms with Gasteiger partial charge < -0.3 is 14.8 Å². The first-order valence-corrected chi connectivity index (χ1v) is 6.97. The van der Waals surface area contributed by atoms with Gasteiger partial charge in [-0.15, -0.1) is 11.3 Å². The van der Waals surface area contributed by atoms with E-state index in [1.54, 1.807) is 0 Å². The Hall–Kier alpha value is -1.40. The molecule has 104 valence electrons. The van der Waals surface area contributed by atoms with Crippen LogP contribution < -0.4 is 5.32 Å². The standard InChI is InChI=1S/C13H17NO4S/c1-7-8(2)19-12(10(7)13(16)17-3)14-11(15)9-5-4-6-18-9/h9H,4-6H2,1-3H3,(H,14,15)/t9-/m1/s1. The van der Waals surface area contributed by atoms with Crippen LogP contribution in [-0.2, 0) is 14.3 Å². The van der Waals surface area contributed by atoms with Crippen LogP contribution in [-0.4, -0.2) is 31.7 Å². The van der Waals surface area contributed by atoms with Gasteiger partial charge >= 0.3 is 5.97 Å². The Balaban J connectivity index is 2.22. The van der Waals surface area contributed by atoms with Gasteiger partial charge in [0.15, 0.2) is 0 Å². The van der Waals surface area contributed by atoms with Crippen molar-refractivity contribution in [2.45, 2.75) is 32.8 Å². The molecule has 6 heteroatoms. The fourth-order valence-corrected chi connectivity index (χ4v) is 3.09. The maximum atomic E-state index is 12.0. The zero-order chi connectivity index (χ0) is 14.0. The number of carbonyl (C=O) groups excluding carboxylic acids is 2. The maximum Gasteiger partial charge on any atom is 0.341 e. The molecule has 1 aromatic heterocycles. The van der Waals surface area contributed by atoms with E-state index < -0.39 is 12.1 Å². The van der Waals surface area contributed by atoms with Crippen LogP contribution in [0.25, 0.3) is 0 Å². The van der Waals surface area contributed by atoms with E-state index in [-0.39, 0.29) is 5.91 Å². The first kappa shape index (κ1) is 14.0. The summed E-state index contributed by atoms with van der Waals surface area (Å²) in [5, 5.41) is 3.33. The first-order chi connectivity index (χ1) is 9.04. The van der Waals surface area contributed by atoms with Crippen LogP contribution in [0.15, 0.2) is 0 Å². The predicted molar refractivity (Wildman–Crippen MR) is 72.7 cm³/mol. The smallest absolute Gasteiger partial charge is 0.341 e. The minimum Gasteiger partial charge on any atom is -0.465 e. The molecule has 1 atom stereocenters. The van der Waals surface area contributed by atoms with E-state index >= 15 is 0 Å². The molecule has 1 aliphatic heterocycles. The Morgan fingerprint density at radius 1 is 1.42 bits per heavy atom. The molecule has 0 unspecified atom stereocenters. The van der Waals surface area contributed by atoms with E-state index in [9.17, 15) is 9.59 Å². The van der Waals surface area contributed by atoms with Gasteiger partial charge in [0.05, 0.1) is 12.7 Å². The fourth-order valence-electron chi connectivity index (χ4n) is 2.04. The topological polar surface area (TPSA) is 64.6 Å². The average Bonchev–Trinajstić information content (AvgIpc) is 2.99. The quantitative estimate of drug-likeness (QED) is 0.864. The van der Waals surface area contributed by atoms with Crippen molar-refractivity contribution in [1.82, 2.24) is 0 Å². The zero-order valence-electron chi connectivity index (χ0n) is 11.2. The molecule has 1 N–H and O–H groups in total. The number of nitrogens with one attached hydrogen (secondary N) is 1. The number of hydrogen-bond donors (Lipinski definition) is 1. The van der Waals surface area contributed by atoms with Gasteiger partial charge in [-0.1, -0.05) is 0 Å². The second-order valence-electron chi connectivity index (χ2n) is 4.47. The third kappa shape index (κ3) is 2.79. The zero-order valence-corrected chi connectivity index (χ0v) is 12.1. The van der Waals surface area contributed by atoms with Crippen LogP contribution >= 0.6 is 11.3 Å². The third-order valence-electron chi connectivity index (χ3n) is 3.23. The molecule has 5 nitrogen and oxygen atoms in total. The molecular weight excluding hydrogens is 266 g/mol. The summed E-state index contributed by atoms with van der Waals surface area (Å²) in [6, 6.07) is 0. The lowest BCUT2D eigenvalue weighted by Gasteiger charge is -2.10. The normalized spacial score (nSPS) is 18.4. The van der Waals surface area contributed by atoms with Crippen molar-refractivity contribution < 1.29 is 19.1 Å². The summed E-state index contributed by atoms with van der Waals surface area (Å²) in [7, 11) is 1.33. The predicted octanol–water partition coefficient (Wildman–Crippen LogP) is 2.27. The van der Waals surface area contributed by atoms with Crippen molar-refractivity contribution in [3.05, 3.63) is 16.0 Å². The summed E-state index contributed by atoms with van der Waals surface area (Å²) >= 11 is 1.38. The second-order valence-corrected chi connectivity index (χ2v) is 5.69. The molecule has 0 spiro atoms. The summed E-state index contributed by atoms with van der Waals surface area (Å²) in [6.07, 6.45) is 1.21. The number of aryl methyl sites for hydroxylation is 1. The van der Waals surface area contributed by atoms with Crippen molar-refractivity contribution in [2.24, 2.45) is 0 Å². The molecule has 0 radical (unpaired) electrons. The van der Waals surface area contributed by atoms with Crippen LogP contribution in [0, 0.1) is 13.8 Å². The summed E-state index contributed by atoms with van der Waals surface area (Å²) in [5.41, 5.74) is 1.29. The molecule has 1 saturated heterocycles. The number of rotatable bonds is 3. The van der Waals surface area contributed by atoms with Gasteiger partial charge in [-0.3, -0.25) is 4.79 Å². The lowest BCUT2D eigenvalue weighted by Crippen LogP contribution is -2.27. The van der Waals surface area contributed by atoms with Gasteiger partial charge in [0, 0.05) is 11.5 Å². The molecular formula is C13H17NO4S. The Morgan fingerprint density at radius 2 is 2.16 bits per heavy atom. The van der Waals surface area contributed by atoms with Gasteiger partial charge in [0.25, 0.3) is 5.91 Å². The van der Waals surface area contributed by atoms with Crippen molar-refractivity contribution in [3.8, 4) is 0 Å². The summed E-state index contributed by atoms with van der Waals surface area (Å²) in [6.45, 7) is 4.37. The highest BCUT2D eigenvalue weighted by atomic mass is 32.1. The summed E-state index contributed by atoms with van der Waals surface area (Å²) < 4.78 is 10.1. The van der Waals surface area contributed by atoms with Gasteiger partial charge in [0.2, 0.25) is 0 Å². The van der Waals surface area contributed by atoms with Crippen molar-refractivity contribution in [1.29, 1.82) is 0 Å². The Bertz CT molecular complexity index is 503. The highest BCUT2D eigenvalue weighted by Gasteiger charge is 2.27. The number of amides is 1. The van der Waals surface area contributed by atoms with Gasteiger partial charge in [-0.05, 0) is 32.3 Å². The molecule has 2 rings (SSSR count). The number of carbonyl (C=O) groups is 2. The molecule has 1 amide bonds. The van der Waals surface area contributed by atoms with Gasteiger partial charge in [-0.2, -0.15) is 0 Å². The molecule has 2 heterocycles. The molecule has 0 bridgehead atoms. The summed E-state index contributed by atoms with van der Waals surface area (Å²) in [4.78, 5) is 24.8. The van der Waals surface area contributed by atoms with E-state index in [0.717, 1.165) is 23.3 Å². The van der Waals surface area contributed by atoms with E-state index in [1.165, 1.54) is 18.4 Å². The van der Waals surface area contributed by atoms with Crippen LogP contribution in [0.1, 0.15) is 33.6 Å². The molecule has 1 aliphatic rings. The molecule has 0 aliphatic carbocycles. The van der Waals surface area contributed by atoms with E-state index in [4.69, 9.17) is 9.47 Å². The molecule has 1 fully saturated rings. The number of esters is 1. The number of methoxy groups -OCH3 is 1. The molecule has 0 aromatic carbocycles. The Morgan fingerprint density at radius 3 is 2.74 bits per heavy atom. The summed E-state index contributed by atoms with van der Waals surface area (Å²) in [5.74, 6) is -0.617. The maximum absolute atomic E-state index is 12.0. The Kier molecular flexibility index (Phi) is 4.21. The van der Waals surface area contributed by atoms with Crippen LogP contribution in [0.2, 0.25) is 0 Å². The number of anilines is 1. The van der Waals surface area contributed by atoms with Crippen molar-refractivity contribution in [3.63, 3.8) is 0 Å². The highest BCUT2D eigenvalue weighted by molar-refractivity contribution is 7.16. The van der Waals surface area contributed by atoms with Crippen LogP contribution in [0.3, 0.4) is 0 Å². The fraction of sp³-hybridized carbons (Fsp3) is 0.538. The first-order valence-electron chi connectivity index (χ1n) is 6.15. The molecule has 19 heavy (non-hydrogen) atoms. The largest absolute Gasteiger partial charge is 0.465 e. The monoisotopic (exact) mass is 283 g/mol. The molecule has 0 saturated carbocycles. The minimum absolute atomic E-state index is 0.191. The second kappa shape index (κ2) is 5.71. The van der Waals surface area contributed by atoms with Crippen LogP contribution in [0.5, 0.6) is 0 Å². The van der Waals surface area contributed by atoms with E-state index in [1.807, 2.05) is 13.8 Å². The third-order valence-corrected chi connectivity index (χ3v) is 4.36.